The molecular weight excluding hydrogens is 298 g/mol. The summed E-state index contributed by atoms with van der Waals surface area (Å²) in [5, 5.41) is 14.6. The number of rotatable bonds is 7. The Morgan fingerprint density at radius 2 is 2.22 bits per heavy atom. The van der Waals surface area contributed by atoms with E-state index >= 15 is 0 Å². The van der Waals surface area contributed by atoms with E-state index in [0.717, 1.165) is 23.3 Å². The standard InChI is InChI=1S/C12H22BrN3O2/c1-9(8-18-4)12(17)11-10(13)7-14-16(11)6-5-15(2)3/h7,9,12,17H,5-6,8H2,1-4H3. The molecule has 1 aromatic rings. The van der Waals surface area contributed by atoms with Crippen LogP contribution in [0.3, 0.4) is 0 Å². The molecule has 2 atom stereocenters. The monoisotopic (exact) mass is 319 g/mol. The summed E-state index contributed by atoms with van der Waals surface area (Å²) in [6, 6.07) is 0. The number of aliphatic hydroxyl groups is 1. The van der Waals surface area contributed by atoms with Gasteiger partial charge in [-0.25, -0.2) is 0 Å². The van der Waals surface area contributed by atoms with E-state index in [9.17, 15) is 5.11 Å². The molecule has 1 N–H and O–H groups in total. The second-order valence-electron chi connectivity index (χ2n) is 4.78. The predicted molar refractivity (Wildman–Crippen MR) is 74.5 cm³/mol. The SMILES string of the molecule is COCC(C)C(O)c1c(Br)cnn1CCN(C)C. The lowest BCUT2D eigenvalue weighted by Gasteiger charge is -2.20. The predicted octanol–water partition coefficient (Wildman–Crippen LogP) is 1.52. The van der Waals surface area contributed by atoms with Gasteiger partial charge >= 0.3 is 0 Å². The number of methoxy groups -OCH3 is 1. The average molecular weight is 320 g/mol. The largest absolute Gasteiger partial charge is 0.386 e. The molecule has 0 aliphatic rings. The smallest absolute Gasteiger partial charge is 0.101 e. The minimum absolute atomic E-state index is 0.0288. The van der Waals surface area contributed by atoms with Crippen LogP contribution in [0, 0.1) is 5.92 Å². The molecule has 0 saturated carbocycles. The highest BCUT2D eigenvalue weighted by molar-refractivity contribution is 9.10. The van der Waals surface area contributed by atoms with Gasteiger partial charge in [-0.2, -0.15) is 5.10 Å². The van der Waals surface area contributed by atoms with Crippen LogP contribution in [-0.4, -0.2) is 54.1 Å². The van der Waals surface area contributed by atoms with Crippen LogP contribution in [0.2, 0.25) is 0 Å². The minimum Gasteiger partial charge on any atom is -0.386 e. The number of nitrogens with zero attached hydrogens (tertiary/aromatic N) is 3. The fourth-order valence-electron chi connectivity index (χ4n) is 1.76. The van der Waals surface area contributed by atoms with Crippen molar-refractivity contribution in [2.24, 2.45) is 5.92 Å². The number of hydrogen-bond donors (Lipinski definition) is 1. The van der Waals surface area contributed by atoms with Crippen molar-refractivity contribution in [3.05, 3.63) is 16.4 Å². The van der Waals surface area contributed by atoms with Gasteiger partial charge in [0.1, 0.15) is 6.10 Å². The van der Waals surface area contributed by atoms with E-state index in [2.05, 4.69) is 25.9 Å². The summed E-state index contributed by atoms with van der Waals surface area (Å²) in [6.45, 7) is 4.12. The number of halogens is 1. The van der Waals surface area contributed by atoms with E-state index in [4.69, 9.17) is 4.74 Å². The van der Waals surface area contributed by atoms with Gasteiger partial charge in [-0.05, 0) is 30.0 Å². The molecule has 0 saturated heterocycles. The Hall–Kier alpha value is -0.430. The van der Waals surface area contributed by atoms with Crippen LogP contribution in [-0.2, 0) is 11.3 Å². The number of aromatic nitrogens is 2. The third-order valence-corrected chi connectivity index (χ3v) is 3.45. The summed E-state index contributed by atoms with van der Waals surface area (Å²) < 4.78 is 7.78. The Bertz CT molecular complexity index is 368. The van der Waals surface area contributed by atoms with Crippen LogP contribution in [0.4, 0.5) is 0 Å². The van der Waals surface area contributed by atoms with Crippen molar-refractivity contribution < 1.29 is 9.84 Å². The van der Waals surface area contributed by atoms with Crippen LogP contribution in [0.25, 0.3) is 0 Å². The molecule has 6 heteroatoms. The first-order valence-electron chi connectivity index (χ1n) is 6.00. The van der Waals surface area contributed by atoms with Crippen LogP contribution in [0.1, 0.15) is 18.7 Å². The summed E-state index contributed by atoms with van der Waals surface area (Å²) in [4.78, 5) is 2.09. The molecule has 1 heterocycles. The van der Waals surface area contributed by atoms with Crippen LogP contribution in [0.15, 0.2) is 10.7 Å². The van der Waals surface area contributed by atoms with Gasteiger partial charge in [0.15, 0.2) is 0 Å². The molecular formula is C12H22BrN3O2. The molecule has 104 valence electrons. The highest BCUT2D eigenvalue weighted by atomic mass is 79.9. The molecule has 1 rings (SSSR count). The number of ether oxygens (including phenoxy) is 1. The lowest BCUT2D eigenvalue weighted by Crippen LogP contribution is -2.23. The Morgan fingerprint density at radius 1 is 1.56 bits per heavy atom. The summed E-state index contributed by atoms with van der Waals surface area (Å²) in [5.74, 6) is 0.0288. The van der Waals surface area contributed by atoms with Crippen molar-refractivity contribution in [3.63, 3.8) is 0 Å². The molecule has 5 nitrogen and oxygen atoms in total. The van der Waals surface area contributed by atoms with E-state index in [1.54, 1.807) is 13.3 Å². The maximum atomic E-state index is 10.4. The van der Waals surface area contributed by atoms with Gasteiger partial charge in [-0.3, -0.25) is 4.68 Å². The molecule has 1 aromatic heterocycles. The Kier molecular flexibility index (Phi) is 6.28. The van der Waals surface area contributed by atoms with Crippen molar-refractivity contribution in [1.82, 2.24) is 14.7 Å². The average Bonchev–Trinajstić information content (AvgIpc) is 2.67. The molecule has 0 fully saturated rings. The van der Waals surface area contributed by atoms with Crippen molar-refractivity contribution in [1.29, 1.82) is 0 Å². The van der Waals surface area contributed by atoms with E-state index in [0.29, 0.717) is 6.61 Å². The zero-order valence-corrected chi connectivity index (χ0v) is 13.0. The minimum atomic E-state index is -0.580. The van der Waals surface area contributed by atoms with Gasteiger partial charge in [0, 0.05) is 19.6 Å². The molecule has 0 aliphatic carbocycles. The zero-order chi connectivity index (χ0) is 13.7. The number of likely N-dealkylation sites (N-methyl/N-ethyl adjacent to an activating group) is 1. The van der Waals surface area contributed by atoms with Crippen molar-refractivity contribution in [2.45, 2.75) is 19.6 Å². The Balaban J connectivity index is 2.82. The summed E-state index contributed by atoms with van der Waals surface area (Å²) in [6.07, 6.45) is 1.15. The summed E-state index contributed by atoms with van der Waals surface area (Å²) in [7, 11) is 5.67. The van der Waals surface area contributed by atoms with Crippen molar-refractivity contribution in [2.75, 3.05) is 34.4 Å². The van der Waals surface area contributed by atoms with E-state index in [1.807, 2.05) is 25.7 Å². The second-order valence-corrected chi connectivity index (χ2v) is 5.64. The molecule has 2 unspecified atom stereocenters. The fourth-order valence-corrected chi connectivity index (χ4v) is 2.29. The Morgan fingerprint density at radius 3 is 2.78 bits per heavy atom. The molecule has 18 heavy (non-hydrogen) atoms. The third-order valence-electron chi connectivity index (χ3n) is 2.84. The first kappa shape index (κ1) is 15.6. The molecule has 0 bridgehead atoms. The second kappa shape index (κ2) is 7.23. The number of hydrogen-bond acceptors (Lipinski definition) is 4. The van der Waals surface area contributed by atoms with Gasteiger partial charge in [-0.1, -0.05) is 6.92 Å². The first-order chi connectivity index (χ1) is 8.47. The van der Waals surface area contributed by atoms with Gasteiger partial charge in [0.2, 0.25) is 0 Å². The van der Waals surface area contributed by atoms with Crippen LogP contribution in [0.5, 0.6) is 0 Å². The van der Waals surface area contributed by atoms with Crippen molar-refractivity contribution in [3.8, 4) is 0 Å². The maximum Gasteiger partial charge on any atom is 0.101 e. The van der Waals surface area contributed by atoms with Gasteiger partial charge in [0.25, 0.3) is 0 Å². The van der Waals surface area contributed by atoms with E-state index < -0.39 is 6.10 Å². The highest BCUT2D eigenvalue weighted by Gasteiger charge is 2.23. The fraction of sp³-hybridized carbons (Fsp3) is 0.750. The van der Waals surface area contributed by atoms with Crippen LogP contribution >= 0.6 is 15.9 Å². The summed E-state index contributed by atoms with van der Waals surface area (Å²) >= 11 is 3.45. The Labute approximate surface area is 117 Å². The molecule has 0 radical (unpaired) electrons. The summed E-state index contributed by atoms with van der Waals surface area (Å²) in [5.41, 5.74) is 0.821. The van der Waals surface area contributed by atoms with E-state index in [1.165, 1.54) is 0 Å². The maximum absolute atomic E-state index is 10.4. The first-order valence-corrected chi connectivity index (χ1v) is 6.79. The van der Waals surface area contributed by atoms with Gasteiger partial charge in [0.05, 0.1) is 29.5 Å². The quantitative estimate of drug-likeness (QED) is 0.828. The van der Waals surface area contributed by atoms with Crippen LogP contribution < -0.4 is 0 Å². The number of aliphatic hydroxyl groups excluding tert-OH is 1. The molecule has 0 aromatic carbocycles. The third kappa shape index (κ3) is 4.05. The topological polar surface area (TPSA) is 50.5 Å². The molecule has 0 aliphatic heterocycles. The normalized spacial score (nSPS) is 15.1. The lowest BCUT2D eigenvalue weighted by atomic mass is 10.0. The van der Waals surface area contributed by atoms with Crippen molar-refractivity contribution >= 4 is 15.9 Å². The molecule has 0 spiro atoms. The lowest BCUT2D eigenvalue weighted by molar-refractivity contribution is 0.0504. The highest BCUT2D eigenvalue weighted by Crippen LogP contribution is 2.28. The zero-order valence-electron chi connectivity index (χ0n) is 11.4. The van der Waals surface area contributed by atoms with E-state index in [-0.39, 0.29) is 5.92 Å². The van der Waals surface area contributed by atoms with Gasteiger partial charge in [-0.15, -0.1) is 0 Å². The van der Waals surface area contributed by atoms with Gasteiger partial charge < -0.3 is 14.7 Å². The molecule has 0 amide bonds.